The maximum atomic E-state index is 12.3. The summed E-state index contributed by atoms with van der Waals surface area (Å²) < 4.78 is 37.7. The fourth-order valence-electron chi connectivity index (χ4n) is 2.43. The minimum atomic E-state index is -3.61. The molecule has 2 aromatic carbocycles. The van der Waals surface area contributed by atoms with Crippen LogP contribution in [0.5, 0.6) is 5.75 Å². The predicted molar refractivity (Wildman–Crippen MR) is 101 cm³/mol. The van der Waals surface area contributed by atoms with Crippen LogP contribution in [0.3, 0.4) is 0 Å². The number of nitrogens with one attached hydrogen (secondary N) is 1. The van der Waals surface area contributed by atoms with Gasteiger partial charge in [0.15, 0.2) is 0 Å². The van der Waals surface area contributed by atoms with Crippen molar-refractivity contribution in [3.8, 4) is 17.1 Å². The molecule has 0 amide bonds. The molecule has 0 saturated heterocycles. The maximum absolute atomic E-state index is 12.3. The molecule has 3 rings (SSSR count). The number of hydrogen-bond donors (Lipinski definition) is 1. The maximum Gasteiger partial charge on any atom is 0.240 e. The van der Waals surface area contributed by atoms with E-state index in [-0.39, 0.29) is 11.4 Å². The summed E-state index contributed by atoms with van der Waals surface area (Å²) in [5, 5.41) is 3.94. The monoisotopic (exact) mass is 387 g/mol. The highest BCUT2D eigenvalue weighted by molar-refractivity contribution is 7.89. The van der Waals surface area contributed by atoms with Gasteiger partial charge in [-0.1, -0.05) is 35.0 Å². The molecule has 0 spiro atoms. The molecule has 0 radical (unpaired) electrons. The molecule has 0 saturated carbocycles. The van der Waals surface area contributed by atoms with Crippen molar-refractivity contribution < 1.29 is 17.7 Å². The molecule has 0 aliphatic rings. The molecule has 0 atom stereocenters. The lowest BCUT2D eigenvalue weighted by atomic mass is 10.1. The molecule has 1 N–H and O–H groups in total. The van der Waals surface area contributed by atoms with Gasteiger partial charge in [0, 0.05) is 18.5 Å². The van der Waals surface area contributed by atoms with Gasteiger partial charge in [0.1, 0.15) is 5.75 Å². The van der Waals surface area contributed by atoms with Crippen LogP contribution in [0.2, 0.25) is 0 Å². The van der Waals surface area contributed by atoms with Crippen molar-refractivity contribution in [2.45, 2.75) is 25.2 Å². The number of sulfonamides is 1. The summed E-state index contributed by atoms with van der Waals surface area (Å²) in [6.45, 7) is 4.56. The number of ether oxygens (including phenoxy) is 1. The van der Waals surface area contributed by atoms with E-state index in [0.29, 0.717) is 30.5 Å². The highest BCUT2D eigenvalue weighted by Crippen LogP contribution is 2.17. The zero-order valence-electron chi connectivity index (χ0n) is 15.2. The third-order valence-electron chi connectivity index (χ3n) is 3.85. The Hall–Kier alpha value is -2.71. The van der Waals surface area contributed by atoms with E-state index in [0.717, 1.165) is 11.1 Å². The van der Waals surface area contributed by atoms with Gasteiger partial charge in [0.05, 0.1) is 11.5 Å². The lowest BCUT2D eigenvalue weighted by Crippen LogP contribution is -2.26. The van der Waals surface area contributed by atoms with Gasteiger partial charge in [-0.3, -0.25) is 0 Å². The summed E-state index contributed by atoms with van der Waals surface area (Å²) in [5.74, 6) is 1.49. The Kier molecular flexibility index (Phi) is 5.88. The van der Waals surface area contributed by atoms with Crippen LogP contribution in [0.15, 0.2) is 57.9 Å². The Morgan fingerprint density at radius 3 is 2.44 bits per heavy atom. The van der Waals surface area contributed by atoms with Crippen LogP contribution in [0.25, 0.3) is 11.4 Å². The van der Waals surface area contributed by atoms with Gasteiger partial charge in [-0.2, -0.15) is 4.98 Å². The molecule has 0 aliphatic heterocycles. The van der Waals surface area contributed by atoms with E-state index in [9.17, 15) is 8.42 Å². The van der Waals surface area contributed by atoms with Crippen LogP contribution < -0.4 is 9.46 Å². The van der Waals surface area contributed by atoms with E-state index in [1.165, 1.54) is 12.1 Å². The normalized spacial score (nSPS) is 11.5. The number of rotatable bonds is 8. The second-order valence-corrected chi connectivity index (χ2v) is 7.70. The fraction of sp³-hybridized carbons (Fsp3) is 0.263. The van der Waals surface area contributed by atoms with Crippen LogP contribution in [0.1, 0.15) is 18.4 Å². The highest BCUT2D eigenvalue weighted by atomic mass is 32.2. The Balaban J connectivity index is 1.58. The van der Waals surface area contributed by atoms with Gasteiger partial charge >= 0.3 is 0 Å². The molecule has 0 bridgehead atoms. The second kappa shape index (κ2) is 8.32. The zero-order chi connectivity index (χ0) is 19.3. The van der Waals surface area contributed by atoms with E-state index in [4.69, 9.17) is 9.26 Å². The standard InChI is InChI=1S/C19H21N3O4S/c1-3-25-16-8-10-17(11-9-16)27(23,24)20-13-12-18-21-19(22-26-18)15-6-4-14(2)5-7-15/h4-11,20H,3,12-13H2,1-2H3. The molecule has 27 heavy (non-hydrogen) atoms. The Morgan fingerprint density at radius 2 is 1.78 bits per heavy atom. The summed E-state index contributed by atoms with van der Waals surface area (Å²) in [6, 6.07) is 14.0. The molecular weight excluding hydrogens is 366 g/mol. The van der Waals surface area contributed by atoms with Crippen molar-refractivity contribution in [1.82, 2.24) is 14.9 Å². The number of benzene rings is 2. The van der Waals surface area contributed by atoms with E-state index < -0.39 is 10.0 Å². The third kappa shape index (κ3) is 4.93. The first-order valence-electron chi connectivity index (χ1n) is 8.60. The Bertz CT molecular complexity index is 981. The molecule has 0 aliphatic carbocycles. The predicted octanol–water partition coefficient (Wildman–Crippen LogP) is 2.96. The number of aromatic nitrogens is 2. The van der Waals surface area contributed by atoms with Crippen molar-refractivity contribution in [3.05, 3.63) is 60.0 Å². The van der Waals surface area contributed by atoms with E-state index in [1.54, 1.807) is 12.1 Å². The second-order valence-electron chi connectivity index (χ2n) is 5.93. The molecule has 7 nitrogen and oxygen atoms in total. The summed E-state index contributed by atoms with van der Waals surface area (Å²) >= 11 is 0. The first kappa shape index (κ1) is 19.1. The first-order valence-corrected chi connectivity index (χ1v) is 10.1. The quantitative estimate of drug-likeness (QED) is 0.639. The summed E-state index contributed by atoms with van der Waals surface area (Å²) in [5.41, 5.74) is 2.00. The lowest BCUT2D eigenvalue weighted by molar-refractivity contribution is 0.340. The molecule has 1 aromatic heterocycles. The number of nitrogens with zero attached hydrogens (tertiary/aromatic N) is 2. The third-order valence-corrected chi connectivity index (χ3v) is 5.33. The van der Waals surface area contributed by atoms with Gasteiger partial charge in [-0.25, -0.2) is 13.1 Å². The van der Waals surface area contributed by atoms with Crippen LogP contribution in [0, 0.1) is 6.92 Å². The summed E-state index contributed by atoms with van der Waals surface area (Å²) in [7, 11) is -3.61. The highest BCUT2D eigenvalue weighted by Gasteiger charge is 2.15. The average Bonchev–Trinajstić information content (AvgIpc) is 3.12. The van der Waals surface area contributed by atoms with Crippen LogP contribution >= 0.6 is 0 Å². The van der Waals surface area contributed by atoms with Crippen molar-refractivity contribution in [2.75, 3.05) is 13.2 Å². The molecule has 142 valence electrons. The van der Waals surface area contributed by atoms with Gasteiger partial charge in [0.2, 0.25) is 21.7 Å². The molecule has 3 aromatic rings. The number of aryl methyl sites for hydroxylation is 1. The number of hydrogen-bond acceptors (Lipinski definition) is 6. The van der Waals surface area contributed by atoms with Crippen molar-refractivity contribution in [3.63, 3.8) is 0 Å². The van der Waals surface area contributed by atoms with E-state index in [1.807, 2.05) is 38.1 Å². The van der Waals surface area contributed by atoms with Crippen molar-refractivity contribution in [1.29, 1.82) is 0 Å². The lowest BCUT2D eigenvalue weighted by Gasteiger charge is -2.07. The van der Waals surface area contributed by atoms with Gasteiger partial charge in [-0.15, -0.1) is 0 Å². The topological polar surface area (TPSA) is 94.3 Å². The Labute approximate surface area is 158 Å². The Morgan fingerprint density at radius 1 is 1.07 bits per heavy atom. The van der Waals surface area contributed by atoms with Crippen LogP contribution in [-0.2, 0) is 16.4 Å². The van der Waals surface area contributed by atoms with Crippen molar-refractivity contribution >= 4 is 10.0 Å². The molecular formula is C19H21N3O4S. The first-order chi connectivity index (χ1) is 13.0. The van der Waals surface area contributed by atoms with E-state index >= 15 is 0 Å². The fourth-order valence-corrected chi connectivity index (χ4v) is 3.47. The SMILES string of the molecule is CCOc1ccc(S(=O)(=O)NCCc2nc(-c3ccc(C)cc3)no2)cc1. The smallest absolute Gasteiger partial charge is 0.240 e. The largest absolute Gasteiger partial charge is 0.494 e. The average molecular weight is 387 g/mol. The van der Waals surface area contributed by atoms with Gasteiger partial charge < -0.3 is 9.26 Å². The van der Waals surface area contributed by atoms with Crippen molar-refractivity contribution in [2.24, 2.45) is 0 Å². The molecule has 0 unspecified atom stereocenters. The van der Waals surface area contributed by atoms with Crippen LogP contribution in [-0.4, -0.2) is 31.7 Å². The van der Waals surface area contributed by atoms with E-state index in [2.05, 4.69) is 14.9 Å². The molecule has 1 heterocycles. The summed E-state index contributed by atoms with van der Waals surface area (Å²) in [6.07, 6.45) is 0.301. The van der Waals surface area contributed by atoms with Crippen LogP contribution in [0.4, 0.5) is 0 Å². The summed E-state index contributed by atoms with van der Waals surface area (Å²) in [4.78, 5) is 4.48. The molecule has 8 heteroatoms. The zero-order valence-corrected chi connectivity index (χ0v) is 16.0. The minimum absolute atomic E-state index is 0.158. The van der Waals surface area contributed by atoms with Gasteiger partial charge in [0.25, 0.3) is 0 Å². The minimum Gasteiger partial charge on any atom is -0.494 e. The van der Waals surface area contributed by atoms with Gasteiger partial charge in [-0.05, 0) is 38.1 Å². The molecule has 0 fully saturated rings.